The van der Waals surface area contributed by atoms with Gasteiger partial charge in [-0.25, -0.2) is 0 Å². The first-order valence-corrected chi connectivity index (χ1v) is 8.48. The first-order valence-electron chi connectivity index (χ1n) is 7.60. The number of nitrogens with zero attached hydrogens (tertiary/aromatic N) is 3. The van der Waals surface area contributed by atoms with E-state index in [9.17, 15) is 4.79 Å². The smallest absolute Gasteiger partial charge is 0.169 e. The molecule has 1 aliphatic heterocycles. The predicted molar refractivity (Wildman–Crippen MR) is 86.2 cm³/mol. The minimum absolute atomic E-state index is 0.145. The highest BCUT2D eigenvalue weighted by molar-refractivity contribution is 7.12. The summed E-state index contributed by atoms with van der Waals surface area (Å²) >= 11 is 1.53. The number of rotatable bonds is 5. The average Bonchev–Trinajstić information content (AvgIpc) is 3.10. The van der Waals surface area contributed by atoms with E-state index in [-0.39, 0.29) is 11.9 Å². The van der Waals surface area contributed by atoms with Gasteiger partial charge in [0.15, 0.2) is 5.78 Å². The van der Waals surface area contributed by atoms with Crippen LogP contribution in [0.25, 0.3) is 0 Å². The summed E-state index contributed by atoms with van der Waals surface area (Å²) in [6, 6.07) is 3.95. The van der Waals surface area contributed by atoms with E-state index in [0.29, 0.717) is 0 Å². The Morgan fingerprint density at radius 2 is 2.45 bits per heavy atom. The molecule has 0 aromatic carbocycles. The van der Waals surface area contributed by atoms with Crippen LogP contribution >= 0.6 is 11.3 Å². The Bertz CT molecular complexity index is 609. The van der Waals surface area contributed by atoms with E-state index in [0.717, 1.165) is 44.1 Å². The van der Waals surface area contributed by atoms with Crippen LogP contribution in [0.1, 0.15) is 28.6 Å². The summed E-state index contributed by atoms with van der Waals surface area (Å²) in [6.07, 6.45) is 4.97. The molecule has 2 aromatic heterocycles. The Balaban J connectivity index is 1.60. The lowest BCUT2D eigenvalue weighted by Crippen LogP contribution is -2.34. The molecule has 3 rings (SSSR count). The molecule has 0 N–H and O–H groups in total. The lowest BCUT2D eigenvalue weighted by Gasteiger charge is -2.23. The molecule has 1 atom stereocenters. The first kappa shape index (κ1) is 15.4. The van der Waals surface area contributed by atoms with Gasteiger partial charge in [-0.1, -0.05) is 0 Å². The topological polar surface area (TPSA) is 47.4 Å². The molecule has 0 amide bonds. The molecule has 1 aliphatic rings. The maximum Gasteiger partial charge on any atom is 0.169 e. The third-order valence-electron chi connectivity index (χ3n) is 3.79. The summed E-state index contributed by atoms with van der Waals surface area (Å²) in [6.45, 7) is 6.00. The Kier molecular flexibility index (Phi) is 5.02. The van der Waals surface area contributed by atoms with Crippen molar-refractivity contribution >= 4 is 17.1 Å². The van der Waals surface area contributed by atoms with Gasteiger partial charge in [0.1, 0.15) is 0 Å². The lowest BCUT2D eigenvalue weighted by atomic mass is 10.2. The van der Waals surface area contributed by atoms with Crippen molar-refractivity contribution in [3.63, 3.8) is 0 Å². The van der Waals surface area contributed by atoms with Gasteiger partial charge in [0, 0.05) is 38.6 Å². The minimum Gasteiger partial charge on any atom is -0.375 e. The molecule has 0 bridgehead atoms. The number of aromatic nitrogens is 2. The average molecular weight is 319 g/mol. The van der Waals surface area contributed by atoms with Crippen LogP contribution in [0, 0.1) is 0 Å². The molecule has 0 saturated carbocycles. The van der Waals surface area contributed by atoms with Gasteiger partial charge in [0.25, 0.3) is 0 Å². The van der Waals surface area contributed by atoms with Crippen molar-refractivity contribution in [3.05, 3.63) is 40.3 Å². The van der Waals surface area contributed by atoms with Crippen LogP contribution in [0.2, 0.25) is 0 Å². The molecular weight excluding hydrogens is 298 g/mol. The fourth-order valence-corrected chi connectivity index (χ4v) is 3.55. The Hall–Kier alpha value is -1.50. The second-order valence-electron chi connectivity index (χ2n) is 5.68. The molecular formula is C16H21N3O2S. The van der Waals surface area contributed by atoms with E-state index in [1.807, 2.05) is 23.0 Å². The maximum atomic E-state index is 11.4. The van der Waals surface area contributed by atoms with Crippen LogP contribution < -0.4 is 0 Å². The maximum absolute atomic E-state index is 11.4. The molecule has 1 fully saturated rings. The number of carbonyl (C=O) groups excluding carboxylic acids is 1. The Morgan fingerprint density at radius 1 is 1.55 bits per heavy atom. The first-order chi connectivity index (χ1) is 10.7. The number of hydrogen-bond acceptors (Lipinski definition) is 5. The van der Waals surface area contributed by atoms with Crippen LogP contribution in [-0.4, -0.2) is 46.3 Å². The summed E-state index contributed by atoms with van der Waals surface area (Å²) in [7, 11) is 0. The summed E-state index contributed by atoms with van der Waals surface area (Å²) in [5.74, 6) is 0.145. The van der Waals surface area contributed by atoms with Gasteiger partial charge in [-0.3, -0.25) is 14.4 Å². The van der Waals surface area contributed by atoms with Crippen LogP contribution in [0.5, 0.6) is 0 Å². The number of ether oxygens (including phenoxy) is 1. The fraction of sp³-hybridized carbons (Fsp3) is 0.500. The van der Waals surface area contributed by atoms with Crippen LogP contribution in [-0.2, 0) is 17.8 Å². The molecule has 0 radical (unpaired) electrons. The third-order valence-corrected chi connectivity index (χ3v) is 4.87. The van der Waals surface area contributed by atoms with Crippen LogP contribution in [0.3, 0.4) is 0 Å². The van der Waals surface area contributed by atoms with Crippen molar-refractivity contribution in [2.75, 3.05) is 19.7 Å². The van der Waals surface area contributed by atoms with Gasteiger partial charge >= 0.3 is 0 Å². The minimum atomic E-state index is 0.145. The molecule has 0 aliphatic carbocycles. The van der Waals surface area contributed by atoms with Crippen molar-refractivity contribution in [2.24, 2.45) is 0 Å². The zero-order valence-electron chi connectivity index (χ0n) is 12.8. The molecule has 0 spiro atoms. The second kappa shape index (κ2) is 7.17. The Morgan fingerprint density at radius 3 is 3.18 bits per heavy atom. The molecule has 1 unspecified atom stereocenters. The largest absolute Gasteiger partial charge is 0.375 e. The van der Waals surface area contributed by atoms with Gasteiger partial charge in [-0.2, -0.15) is 5.10 Å². The second-order valence-corrected chi connectivity index (χ2v) is 6.60. The van der Waals surface area contributed by atoms with Gasteiger partial charge in [-0.05, 0) is 36.4 Å². The van der Waals surface area contributed by atoms with E-state index in [4.69, 9.17) is 4.74 Å². The molecule has 118 valence electrons. The fourth-order valence-electron chi connectivity index (χ4n) is 2.74. The monoisotopic (exact) mass is 319 g/mol. The quantitative estimate of drug-likeness (QED) is 0.794. The van der Waals surface area contributed by atoms with Crippen LogP contribution in [0.4, 0.5) is 0 Å². The number of Topliss-reactive ketones (excluding diaryl/α,β-unsaturated/α-hetero) is 1. The van der Waals surface area contributed by atoms with E-state index in [1.54, 1.807) is 13.1 Å². The number of carbonyl (C=O) groups is 1. The van der Waals surface area contributed by atoms with Gasteiger partial charge in [-0.15, -0.1) is 11.3 Å². The Labute approximate surface area is 134 Å². The number of thiophene rings is 1. The van der Waals surface area contributed by atoms with Gasteiger partial charge < -0.3 is 4.74 Å². The molecule has 1 saturated heterocycles. The van der Waals surface area contributed by atoms with E-state index in [2.05, 4.69) is 15.4 Å². The van der Waals surface area contributed by atoms with Gasteiger partial charge in [0.05, 0.1) is 17.5 Å². The van der Waals surface area contributed by atoms with E-state index in [1.165, 1.54) is 16.9 Å². The molecule has 6 heteroatoms. The SMILES string of the molecule is CC(=O)c1cc(CN2CCCOC(Cn3cccn3)C2)cs1. The van der Waals surface area contributed by atoms with Crippen molar-refractivity contribution in [3.8, 4) is 0 Å². The van der Waals surface area contributed by atoms with Crippen molar-refractivity contribution in [1.82, 2.24) is 14.7 Å². The highest BCUT2D eigenvalue weighted by Crippen LogP contribution is 2.18. The highest BCUT2D eigenvalue weighted by Gasteiger charge is 2.20. The highest BCUT2D eigenvalue weighted by atomic mass is 32.1. The number of ketones is 1. The normalized spacial score (nSPS) is 20.0. The van der Waals surface area contributed by atoms with Gasteiger partial charge in [0.2, 0.25) is 0 Å². The number of hydrogen-bond donors (Lipinski definition) is 0. The molecule has 3 heterocycles. The third kappa shape index (κ3) is 4.03. The summed E-state index contributed by atoms with van der Waals surface area (Å²) in [5.41, 5.74) is 1.22. The summed E-state index contributed by atoms with van der Waals surface area (Å²) in [5, 5.41) is 6.34. The zero-order valence-corrected chi connectivity index (χ0v) is 13.6. The molecule has 5 nitrogen and oxygen atoms in total. The standard InChI is InChI=1S/C16H21N3O2S/c1-13(20)16-8-14(12-22-16)9-18-5-3-7-21-15(10-18)11-19-6-2-4-17-19/h2,4,6,8,12,15H,3,5,7,9-11H2,1H3. The van der Waals surface area contributed by atoms with E-state index >= 15 is 0 Å². The van der Waals surface area contributed by atoms with Crippen molar-refractivity contribution < 1.29 is 9.53 Å². The van der Waals surface area contributed by atoms with E-state index < -0.39 is 0 Å². The van der Waals surface area contributed by atoms with Crippen LogP contribution in [0.15, 0.2) is 29.9 Å². The predicted octanol–water partition coefficient (Wildman–Crippen LogP) is 2.44. The summed E-state index contributed by atoms with van der Waals surface area (Å²) < 4.78 is 7.86. The molecule has 22 heavy (non-hydrogen) atoms. The van der Waals surface area contributed by atoms with Crippen molar-refractivity contribution in [1.29, 1.82) is 0 Å². The summed E-state index contributed by atoms with van der Waals surface area (Å²) in [4.78, 5) is 14.7. The zero-order chi connectivity index (χ0) is 15.4. The lowest BCUT2D eigenvalue weighted by molar-refractivity contribution is 0.0391. The molecule has 2 aromatic rings. The van der Waals surface area contributed by atoms with Crippen molar-refractivity contribution in [2.45, 2.75) is 32.5 Å².